The normalized spacial score (nSPS) is 22.4. The molecule has 1 saturated carbocycles. The van der Waals surface area contributed by atoms with Crippen LogP contribution in [0.4, 0.5) is 4.39 Å². The van der Waals surface area contributed by atoms with Gasteiger partial charge < -0.3 is 5.32 Å². The predicted octanol–water partition coefficient (Wildman–Crippen LogP) is 2.18. The molecule has 1 amide bonds. The molecule has 1 aliphatic rings. The predicted molar refractivity (Wildman–Crippen MR) is 65.0 cm³/mol. The van der Waals surface area contributed by atoms with Crippen molar-refractivity contribution in [2.45, 2.75) is 31.7 Å². The lowest BCUT2D eigenvalue weighted by molar-refractivity contribution is -0.121. The summed E-state index contributed by atoms with van der Waals surface area (Å²) in [6, 6.07) is 8.38. The summed E-state index contributed by atoms with van der Waals surface area (Å²) in [7, 11) is 0. The van der Waals surface area contributed by atoms with Crippen LogP contribution in [0.1, 0.15) is 24.8 Å². The molecule has 0 bridgehead atoms. The molecule has 2 atom stereocenters. The number of hydrogen-bond donors (Lipinski definition) is 1. The molecule has 1 N–H and O–H groups in total. The van der Waals surface area contributed by atoms with Crippen LogP contribution in [0.25, 0.3) is 0 Å². The highest BCUT2D eigenvalue weighted by atomic mass is 19.1. The summed E-state index contributed by atoms with van der Waals surface area (Å²) in [5.41, 5.74) is 0.390. The van der Waals surface area contributed by atoms with Gasteiger partial charge in [-0.1, -0.05) is 18.2 Å². The third kappa shape index (κ3) is 2.86. The molecule has 1 aromatic rings. The van der Waals surface area contributed by atoms with E-state index in [1.54, 1.807) is 18.2 Å². The SMILES string of the molecule is N#CC1CCCC1NC(=O)Cc1ccccc1F. The van der Waals surface area contributed by atoms with Crippen LogP contribution in [-0.4, -0.2) is 11.9 Å². The third-order valence-corrected chi connectivity index (χ3v) is 3.34. The highest BCUT2D eigenvalue weighted by Gasteiger charge is 2.28. The van der Waals surface area contributed by atoms with Crippen LogP contribution in [0, 0.1) is 23.1 Å². The lowest BCUT2D eigenvalue weighted by Gasteiger charge is -2.15. The molecule has 0 heterocycles. The van der Waals surface area contributed by atoms with E-state index in [1.807, 2.05) is 0 Å². The molecule has 2 unspecified atom stereocenters. The number of carbonyl (C=O) groups is 1. The standard InChI is InChI=1S/C14H15FN2O/c15-12-6-2-1-4-10(12)8-14(18)17-13-7-3-5-11(13)9-16/h1-2,4,6,11,13H,3,5,7-8H2,(H,17,18). The largest absolute Gasteiger partial charge is 0.352 e. The minimum absolute atomic E-state index is 0.0291. The van der Waals surface area contributed by atoms with E-state index < -0.39 is 0 Å². The lowest BCUT2D eigenvalue weighted by atomic mass is 10.1. The van der Waals surface area contributed by atoms with Gasteiger partial charge in [0.05, 0.1) is 18.4 Å². The first-order valence-electron chi connectivity index (χ1n) is 6.13. The Hall–Kier alpha value is -1.89. The van der Waals surface area contributed by atoms with Crippen molar-refractivity contribution < 1.29 is 9.18 Å². The Bertz CT molecular complexity index is 481. The monoisotopic (exact) mass is 246 g/mol. The molecule has 1 fully saturated rings. The Morgan fingerprint density at radius 2 is 2.22 bits per heavy atom. The second-order valence-corrected chi connectivity index (χ2v) is 4.61. The van der Waals surface area contributed by atoms with Crippen molar-refractivity contribution in [3.8, 4) is 6.07 Å². The van der Waals surface area contributed by atoms with E-state index in [0.29, 0.717) is 5.56 Å². The minimum Gasteiger partial charge on any atom is -0.352 e. The van der Waals surface area contributed by atoms with Gasteiger partial charge in [-0.25, -0.2) is 4.39 Å². The number of carbonyl (C=O) groups excluding carboxylic acids is 1. The Balaban J connectivity index is 1.94. The van der Waals surface area contributed by atoms with Crippen molar-refractivity contribution >= 4 is 5.91 Å². The molecule has 4 heteroatoms. The molecule has 0 spiro atoms. The van der Waals surface area contributed by atoms with Crippen molar-refractivity contribution in [3.05, 3.63) is 35.6 Å². The highest BCUT2D eigenvalue weighted by Crippen LogP contribution is 2.24. The van der Waals surface area contributed by atoms with Crippen LogP contribution < -0.4 is 5.32 Å². The summed E-state index contributed by atoms with van der Waals surface area (Å²) in [6.45, 7) is 0. The maximum Gasteiger partial charge on any atom is 0.224 e. The number of nitrogens with one attached hydrogen (secondary N) is 1. The van der Waals surface area contributed by atoms with Gasteiger partial charge in [-0.2, -0.15) is 5.26 Å². The summed E-state index contributed by atoms with van der Waals surface area (Å²) in [4.78, 5) is 11.8. The van der Waals surface area contributed by atoms with Gasteiger partial charge in [0, 0.05) is 6.04 Å². The first kappa shape index (κ1) is 12.6. The fraction of sp³-hybridized carbons (Fsp3) is 0.429. The smallest absolute Gasteiger partial charge is 0.224 e. The van der Waals surface area contributed by atoms with Gasteiger partial charge in [-0.05, 0) is 30.9 Å². The molecule has 0 aliphatic heterocycles. The lowest BCUT2D eigenvalue weighted by Crippen LogP contribution is -2.37. The van der Waals surface area contributed by atoms with Crippen LogP contribution in [0.2, 0.25) is 0 Å². The first-order valence-corrected chi connectivity index (χ1v) is 6.13. The van der Waals surface area contributed by atoms with Gasteiger partial charge in [0.2, 0.25) is 5.91 Å². The van der Waals surface area contributed by atoms with E-state index in [9.17, 15) is 9.18 Å². The number of halogens is 1. The minimum atomic E-state index is -0.365. The van der Waals surface area contributed by atoms with Crippen LogP contribution >= 0.6 is 0 Å². The summed E-state index contributed by atoms with van der Waals surface area (Å²) in [6.07, 6.45) is 2.66. The molecular formula is C14H15FN2O. The summed E-state index contributed by atoms with van der Waals surface area (Å²) in [5, 5.41) is 11.7. The molecule has 1 aliphatic carbocycles. The van der Waals surface area contributed by atoms with Crippen LogP contribution in [0.5, 0.6) is 0 Å². The Kier molecular flexibility index (Phi) is 3.93. The second-order valence-electron chi connectivity index (χ2n) is 4.61. The molecule has 3 nitrogen and oxygen atoms in total. The molecule has 1 aromatic carbocycles. The van der Waals surface area contributed by atoms with Crippen LogP contribution in [-0.2, 0) is 11.2 Å². The summed E-state index contributed by atoms with van der Waals surface area (Å²) < 4.78 is 13.4. The van der Waals surface area contributed by atoms with Crippen molar-refractivity contribution in [2.75, 3.05) is 0 Å². The number of nitrogens with zero attached hydrogens (tertiary/aromatic N) is 1. The topological polar surface area (TPSA) is 52.9 Å². The molecular weight excluding hydrogens is 231 g/mol. The number of nitriles is 1. The summed E-state index contributed by atoms with van der Waals surface area (Å²) >= 11 is 0. The van der Waals surface area contributed by atoms with E-state index in [-0.39, 0.29) is 30.1 Å². The van der Waals surface area contributed by atoms with Gasteiger partial charge in [0.15, 0.2) is 0 Å². The molecule has 0 aromatic heterocycles. The maximum atomic E-state index is 13.4. The van der Waals surface area contributed by atoms with E-state index in [2.05, 4.69) is 11.4 Å². The Labute approximate surface area is 106 Å². The third-order valence-electron chi connectivity index (χ3n) is 3.34. The van der Waals surface area contributed by atoms with Crippen molar-refractivity contribution in [3.63, 3.8) is 0 Å². The van der Waals surface area contributed by atoms with Gasteiger partial charge in [-0.15, -0.1) is 0 Å². The molecule has 94 valence electrons. The number of amides is 1. The molecule has 18 heavy (non-hydrogen) atoms. The molecule has 0 radical (unpaired) electrons. The van der Waals surface area contributed by atoms with Gasteiger partial charge in [0.1, 0.15) is 5.82 Å². The average molecular weight is 246 g/mol. The quantitative estimate of drug-likeness (QED) is 0.888. The zero-order valence-corrected chi connectivity index (χ0v) is 10.0. The Morgan fingerprint density at radius 3 is 2.94 bits per heavy atom. The van der Waals surface area contributed by atoms with Gasteiger partial charge in [-0.3, -0.25) is 4.79 Å². The maximum absolute atomic E-state index is 13.4. The number of benzene rings is 1. The number of hydrogen-bond acceptors (Lipinski definition) is 2. The molecule has 2 rings (SSSR count). The van der Waals surface area contributed by atoms with Crippen molar-refractivity contribution in [2.24, 2.45) is 5.92 Å². The number of rotatable bonds is 3. The van der Waals surface area contributed by atoms with E-state index in [4.69, 9.17) is 5.26 Å². The fourth-order valence-corrected chi connectivity index (χ4v) is 2.36. The Morgan fingerprint density at radius 1 is 1.44 bits per heavy atom. The summed E-state index contributed by atoms with van der Waals surface area (Å²) in [5.74, 6) is -0.683. The second kappa shape index (κ2) is 5.63. The zero-order valence-electron chi connectivity index (χ0n) is 10.0. The van der Waals surface area contributed by atoms with E-state index in [0.717, 1.165) is 19.3 Å². The van der Waals surface area contributed by atoms with Gasteiger partial charge in [0.25, 0.3) is 0 Å². The average Bonchev–Trinajstić information content (AvgIpc) is 2.79. The van der Waals surface area contributed by atoms with Crippen LogP contribution in [0.3, 0.4) is 0 Å². The van der Waals surface area contributed by atoms with Crippen LogP contribution in [0.15, 0.2) is 24.3 Å². The van der Waals surface area contributed by atoms with Gasteiger partial charge >= 0.3 is 0 Å². The molecule has 0 saturated heterocycles. The first-order chi connectivity index (χ1) is 8.70. The zero-order chi connectivity index (χ0) is 13.0. The van der Waals surface area contributed by atoms with Crippen molar-refractivity contribution in [1.29, 1.82) is 5.26 Å². The van der Waals surface area contributed by atoms with Crippen molar-refractivity contribution in [1.82, 2.24) is 5.32 Å². The van der Waals surface area contributed by atoms with E-state index in [1.165, 1.54) is 6.07 Å². The van der Waals surface area contributed by atoms with E-state index >= 15 is 0 Å². The highest BCUT2D eigenvalue weighted by molar-refractivity contribution is 5.79. The fourth-order valence-electron chi connectivity index (χ4n) is 2.36.